The van der Waals surface area contributed by atoms with E-state index in [0.29, 0.717) is 11.3 Å². The Morgan fingerprint density at radius 1 is 1.16 bits per heavy atom. The second-order valence-electron chi connectivity index (χ2n) is 7.06. The Balaban J connectivity index is 2.75. The van der Waals surface area contributed by atoms with E-state index < -0.39 is 0 Å². The molecule has 1 atom stereocenters. The van der Waals surface area contributed by atoms with Crippen molar-refractivity contribution in [3.05, 3.63) is 30.1 Å². The van der Waals surface area contributed by atoms with Crippen molar-refractivity contribution >= 4 is 0 Å². The first-order valence-corrected chi connectivity index (χ1v) is 7.85. The number of hydrogen-bond acceptors (Lipinski definition) is 1. The van der Waals surface area contributed by atoms with Crippen LogP contribution in [0.15, 0.2) is 24.4 Å². The molecule has 0 bridgehead atoms. The Kier molecular flexibility index (Phi) is 6.54. The number of nitrogens with zero attached hydrogens (tertiary/aromatic N) is 1. The summed E-state index contributed by atoms with van der Waals surface area (Å²) in [6.45, 7) is 11.7. The van der Waals surface area contributed by atoms with Crippen molar-refractivity contribution in [3.63, 3.8) is 0 Å². The largest absolute Gasteiger partial charge is 0.261 e. The molecule has 1 aromatic heterocycles. The normalized spacial score (nSPS) is 13.8. The molecule has 1 heteroatoms. The predicted octanol–water partition coefficient (Wildman–Crippen LogP) is 5.82. The lowest BCUT2D eigenvalue weighted by Crippen LogP contribution is -2.19. The van der Waals surface area contributed by atoms with E-state index in [4.69, 9.17) is 0 Å². The van der Waals surface area contributed by atoms with Crippen molar-refractivity contribution in [2.24, 2.45) is 11.3 Å². The molecule has 0 spiro atoms. The Morgan fingerprint density at radius 3 is 2.42 bits per heavy atom. The number of aromatic nitrogens is 1. The summed E-state index contributed by atoms with van der Waals surface area (Å²) >= 11 is 0. The first-order chi connectivity index (χ1) is 8.94. The van der Waals surface area contributed by atoms with Crippen LogP contribution in [0, 0.1) is 11.3 Å². The van der Waals surface area contributed by atoms with Crippen LogP contribution in [0.1, 0.15) is 78.3 Å². The second kappa shape index (κ2) is 7.67. The third-order valence-corrected chi connectivity index (χ3v) is 3.77. The van der Waals surface area contributed by atoms with E-state index in [1.165, 1.54) is 37.8 Å². The van der Waals surface area contributed by atoms with E-state index in [9.17, 15) is 0 Å². The Morgan fingerprint density at radius 2 is 1.89 bits per heavy atom. The second-order valence-corrected chi connectivity index (χ2v) is 7.06. The van der Waals surface area contributed by atoms with Crippen molar-refractivity contribution < 1.29 is 0 Å². The van der Waals surface area contributed by atoms with Gasteiger partial charge in [-0.05, 0) is 42.7 Å². The molecule has 0 aliphatic carbocycles. The van der Waals surface area contributed by atoms with Gasteiger partial charge >= 0.3 is 0 Å². The maximum atomic E-state index is 4.60. The van der Waals surface area contributed by atoms with Gasteiger partial charge < -0.3 is 0 Å². The molecule has 1 unspecified atom stereocenters. The third-order valence-electron chi connectivity index (χ3n) is 3.77. The Bertz CT molecular complexity index is 340. The van der Waals surface area contributed by atoms with Crippen LogP contribution in [0.25, 0.3) is 0 Å². The zero-order chi connectivity index (χ0) is 14.3. The lowest BCUT2D eigenvalue weighted by molar-refractivity contribution is 0.238. The van der Waals surface area contributed by atoms with Crippen LogP contribution in [-0.2, 0) is 0 Å². The zero-order valence-corrected chi connectivity index (χ0v) is 13.4. The molecule has 19 heavy (non-hydrogen) atoms. The molecule has 1 aromatic rings. The molecule has 1 heterocycles. The van der Waals surface area contributed by atoms with Gasteiger partial charge in [-0.25, -0.2) is 0 Å². The van der Waals surface area contributed by atoms with Gasteiger partial charge in [0.15, 0.2) is 0 Å². The molecular formula is C18H31N. The quantitative estimate of drug-likeness (QED) is 0.574. The molecule has 0 radical (unpaired) electrons. The van der Waals surface area contributed by atoms with Gasteiger partial charge in [-0.3, -0.25) is 4.98 Å². The summed E-state index contributed by atoms with van der Waals surface area (Å²) in [5.74, 6) is 1.39. The minimum Gasteiger partial charge on any atom is -0.261 e. The van der Waals surface area contributed by atoms with E-state index in [1.807, 2.05) is 12.3 Å². The molecule has 0 fully saturated rings. The van der Waals surface area contributed by atoms with Crippen LogP contribution >= 0.6 is 0 Å². The molecule has 0 aliphatic rings. The highest BCUT2D eigenvalue weighted by molar-refractivity contribution is 5.10. The average Bonchev–Trinajstić information content (AvgIpc) is 2.34. The summed E-state index contributed by atoms with van der Waals surface area (Å²) < 4.78 is 0. The summed E-state index contributed by atoms with van der Waals surface area (Å²) in [6.07, 6.45) is 8.33. The number of unbranched alkanes of at least 4 members (excludes halogenated alkanes) is 1. The number of pyridine rings is 1. The lowest BCUT2D eigenvalue weighted by atomic mass is 9.75. The van der Waals surface area contributed by atoms with Gasteiger partial charge in [0.25, 0.3) is 0 Å². The van der Waals surface area contributed by atoms with Crippen molar-refractivity contribution in [2.45, 2.75) is 72.6 Å². The fraction of sp³-hybridized carbons (Fsp3) is 0.722. The summed E-state index contributed by atoms with van der Waals surface area (Å²) in [6, 6.07) is 6.34. The molecule has 0 saturated carbocycles. The van der Waals surface area contributed by atoms with Crippen molar-refractivity contribution in [1.82, 2.24) is 4.98 Å². The molecule has 0 N–H and O–H groups in total. The molecule has 1 nitrogen and oxygen atoms in total. The molecule has 108 valence electrons. The van der Waals surface area contributed by atoms with E-state index in [0.717, 1.165) is 5.92 Å². The Hall–Kier alpha value is -0.850. The lowest BCUT2D eigenvalue weighted by Gasteiger charge is -2.31. The van der Waals surface area contributed by atoms with E-state index in [-0.39, 0.29) is 0 Å². The standard InChI is InChI=1S/C18H31N/c1-6-7-10-16(17-11-8-9-12-19-17)14-18(4,5)13-15(2)3/h8-9,11-12,15-16H,6-7,10,13-14H2,1-5H3. The van der Waals surface area contributed by atoms with Crippen LogP contribution in [0.3, 0.4) is 0 Å². The molecular weight excluding hydrogens is 230 g/mol. The first-order valence-electron chi connectivity index (χ1n) is 7.85. The molecule has 0 amide bonds. The first kappa shape index (κ1) is 16.2. The summed E-state index contributed by atoms with van der Waals surface area (Å²) in [5.41, 5.74) is 1.69. The van der Waals surface area contributed by atoms with E-state index in [1.54, 1.807) is 0 Å². The fourth-order valence-electron chi connectivity index (χ4n) is 3.28. The van der Waals surface area contributed by atoms with Gasteiger partial charge in [-0.15, -0.1) is 0 Å². The molecule has 0 aromatic carbocycles. The smallest absolute Gasteiger partial charge is 0.0434 e. The number of hydrogen-bond donors (Lipinski definition) is 0. The SMILES string of the molecule is CCCCC(CC(C)(C)CC(C)C)c1ccccn1. The minimum absolute atomic E-state index is 0.407. The summed E-state index contributed by atoms with van der Waals surface area (Å²) in [4.78, 5) is 4.60. The van der Waals surface area contributed by atoms with Crippen molar-refractivity contribution in [2.75, 3.05) is 0 Å². The maximum absolute atomic E-state index is 4.60. The van der Waals surface area contributed by atoms with Crippen LogP contribution in [-0.4, -0.2) is 4.98 Å². The topological polar surface area (TPSA) is 12.9 Å². The highest BCUT2D eigenvalue weighted by Crippen LogP contribution is 2.38. The van der Waals surface area contributed by atoms with Gasteiger partial charge in [0, 0.05) is 17.8 Å². The van der Waals surface area contributed by atoms with Gasteiger partial charge in [0.1, 0.15) is 0 Å². The molecule has 1 rings (SSSR count). The minimum atomic E-state index is 0.407. The van der Waals surface area contributed by atoms with Gasteiger partial charge in [0.05, 0.1) is 0 Å². The van der Waals surface area contributed by atoms with Crippen LogP contribution in [0.4, 0.5) is 0 Å². The molecule has 0 saturated heterocycles. The monoisotopic (exact) mass is 261 g/mol. The van der Waals surface area contributed by atoms with Crippen molar-refractivity contribution in [1.29, 1.82) is 0 Å². The van der Waals surface area contributed by atoms with Crippen LogP contribution in [0.5, 0.6) is 0 Å². The Labute approximate surface area is 119 Å². The number of rotatable bonds is 8. The van der Waals surface area contributed by atoms with Gasteiger partial charge in [-0.2, -0.15) is 0 Å². The van der Waals surface area contributed by atoms with Crippen LogP contribution in [0.2, 0.25) is 0 Å². The van der Waals surface area contributed by atoms with Gasteiger partial charge in [-0.1, -0.05) is 53.5 Å². The van der Waals surface area contributed by atoms with Gasteiger partial charge in [0.2, 0.25) is 0 Å². The van der Waals surface area contributed by atoms with Crippen molar-refractivity contribution in [3.8, 4) is 0 Å². The van der Waals surface area contributed by atoms with Crippen LogP contribution < -0.4 is 0 Å². The third kappa shape index (κ3) is 6.22. The van der Waals surface area contributed by atoms with E-state index >= 15 is 0 Å². The maximum Gasteiger partial charge on any atom is 0.0434 e. The zero-order valence-electron chi connectivity index (χ0n) is 13.4. The predicted molar refractivity (Wildman–Crippen MR) is 84.4 cm³/mol. The summed E-state index contributed by atoms with van der Waals surface area (Å²) in [5, 5.41) is 0. The highest BCUT2D eigenvalue weighted by Gasteiger charge is 2.25. The average molecular weight is 261 g/mol. The fourth-order valence-corrected chi connectivity index (χ4v) is 3.28. The highest BCUT2D eigenvalue weighted by atomic mass is 14.7. The summed E-state index contributed by atoms with van der Waals surface area (Å²) in [7, 11) is 0. The van der Waals surface area contributed by atoms with E-state index in [2.05, 4.69) is 51.7 Å². The molecule has 0 aliphatic heterocycles.